The van der Waals surface area contributed by atoms with E-state index >= 15 is 0 Å². The summed E-state index contributed by atoms with van der Waals surface area (Å²) >= 11 is 1.54. The third kappa shape index (κ3) is 2.05. The quantitative estimate of drug-likeness (QED) is 0.725. The monoisotopic (exact) mass is 278 g/mol. The molecule has 96 valence electrons. The standard InChI is InChI=1S/C10H14N2O3S.ClH/c1-4(2)5-3-16-9-6(11)8(13)12(9)7(5)10(14)15;/h4,6,9H,3,11H2,1-2H3,(H,14,15);1H/t6?,9-;/m1./s1. The normalized spacial score (nSPS) is 27.5. The SMILES string of the molecule is CC(C)C1=C(C(=O)O)N2C(=O)C(N)[C@H]2SC1.Cl. The molecular weight excluding hydrogens is 264 g/mol. The van der Waals surface area contributed by atoms with Gasteiger partial charge in [-0.3, -0.25) is 9.69 Å². The Kier molecular flexibility index (Phi) is 4.11. The minimum absolute atomic E-state index is 0. The van der Waals surface area contributed by atoms with Gasteiger partial charge in [0, 0.05) is 5.75 Å². The molecule has 1 unspecified atom stereocenters. The molecule has 0 saturated carbocycles. The summed E-state index contributed by atoms with van der Waals surface area (Å²) in [4.78, 5) is 24.1. The zero-order chi connectivity index (χ0) is 12.0. The van der Waals surface area contributed by atoms with E-state index in [0.29, 0.717) is 5.75 Å². The first-order valence-corrected chi connectivity index (χ1v) is 6.16. The fraction of sp³-hybridized carbons (Fsp3) is 0.600. The average Bonchev–Trinajstić information content (AvgIpc) is 2.25. The van der Waals surface area contributed by atoms with Gasteiger partial charge in [0.2, 0.25) is 5.91 Å². The molecule has 0 aromatic heterocycles. The molecule has 0 bridgehead atoms. The van der Waals surface area contributed by atoms with Crippen LogP contribution in [0, 0.1) is 5.92 Å². The molecule has 1 fully saturated rings. The average molecular weight is 279 g/mol. The zero-order valence-corrected chi connectivity index (χ0v) is 11.2. The Morgan fingerprint density at radius 3 is 2.65 bits per heavy atom. The maximum atomic E-state index is 11.6. The van der Waals surface area contributed by atoms with E-state index in [1.807, 2.05) is 13.8 Å². The van der Waals surface area contributed by atoms with Gasteiger partial charge in [-0.15, -0.1) is 24.2 Å². The van der Waals surface area contributed by atoms with E-state index in [4.69, 9.17) is 5.73 Å². The van der Waals surface area contributed by atoms with Crippen molar-refractivity contribution in [3.05, 3.63) is 11.3 Å². The number of amides is 1. The van der Waals surface area contributed by atoms with Crippen LogP contribution >= 0.6 is 24.2 Å². The number of carbonyl (C=O) groups excluding carboxylic acids is 1. The molecule has 2 heterocycles. The van der Waals surface area contributed by atoms with E-state index in [2.05, 4.69) is 0 Å². The number of carboxylic acids is 1. The van der Waals surface area contributed by atoms with Crippen LogP contribution < -0.4 is 5.73 Å². The summed E-state index contributed by atoms with van der Waals surface area (Å²) in [6, 6.07) is -0.548. The summed E-state index contributed by atoms with van der Waals surface area (Å²) in [6.45, 7) is 3.87. The lowest BCUT2D eigenvalue weighted by Crippen LogP contribution is -2.68. The van der Waals surface area contributed by atoms with Crippen LogP contribution in [0.5, 0.6) is 0 Å². The Balaban J connectivity index is 0.00000144. The predicted octanol–water partition coefficient (Wildman–Crippen LogP) is 0.645. The van der Waals surface area contributed by atoms with Crippen LogP contribution in [0.2, 0.25) is 0 Å². The van der Waals surface area contributed by atoms with Gasteiger partial charge in [-0.1, -0.05) is 13.8 Å². The Morgan fingerprint density at radius 2 is 2.18 bits per heavy atom. The maximum Gasteiger partial charge on any atom is 0.352 e. The predicted molar refractivity (Wildman–Crippen MR) is 67.8 cm³/mol. The highest BCUT2D eigenvalue weighted by Crippen LogP contribution is 2.41. The zero-order valence-electron chi connectivity index (χ0n) is 9.54. The Labute approximate surface area is 110 Å². The smallest absolute Gasteiger partial charge is 0.352 e. The van der Waals surface area contributed by atoms with Crippen molar-refractivity contribution in [3.63, 3.8) is 0 Å². The number of rotatable bonds is 2. The Hall–Kier alpha value is -0.720. The summed E-state index contributed by atoms with van der Waals surface area (Å²) < 4.78 is 0. The minimum Gasteiger partial charge on any atom is -0.477 e. The highest BCUT2D eigenvalue weighted by atomic mass is 35.5. The van der Waals surface area contributed by atoms with E-state index < -0.39 is 12.0 Å². The first-order valence-electron chi connectivity index (χ1n) is 5.11. The molecule has 0 radical (unpaired) electrons. The van der Waals surface area contributed by atoms with Gasteiger partial charge in [-0.05, 0) is 11.5 Å². The van der Waals surface area contributed by atoms with E-state index in [0.717, 1.165) is 5.57 Å². The van der Waals surface area contributed by atoms with E-state index in [-0.39, 0.29) is 35.3 Å². The van der Waals surface area contributed by atoms with Crippen LogP contribution in [0.15, 0.2) is 11.3 Å². The van der Waals surface area contributed by atoms with Crippen molar-refractivity contribution in [2.24, 2.45) is 11.7 Å². The number of hydrogen-bond acceptors (Lipinski definition) is 4. The molecule has 17 heavy (non-hydrogen) atoms. The van der Waals surface area contributed by atoms with E-state index in [9.17, 15) is 14.7 Å². The third-order valence-corrected chi connectivity index (χ3v) is 4.26. The molecule has 7 heteroatoms. The van der Waals surface area contributed by atoms with Gasteiger partial charge in [0.1, 0.15) is 17.1 Å². The van der Waals surface area contributed by atoms with Gasteiger partial charge in [0.15, 0.2) is 0 Å². The molecule has 0 aliphatic carbocycles. The summed E-state index contributed by atoms with van der Waals surface area (Å²) in [5.74, 6) is -0.548. The molecule has 5 nitrogen and oxygen atoms in total. The number of nitrogens with two attached hydrogens (primary N) is 1. The van der Waals surface area contributed by atoms with Crippen molar-refractivity contribution in [1.29, 1.82) is 0 Å². The number of carboxylic acid groups (broad SMARTS) is 1. The van der Waals surface area contributed by atoms with Crippen LogP contribution in [0.3, 0.4) is 0 Å². The fourth-order valence-electron chi connectivity index (χ4n) is 1.98. The molecule has 2 aliphatic heterocycles. The van der Waals surface area contributed by atoms with Crippen molar-refractivity contribution in [1.82, 2.24) is 4.90 Å². The number of nitrogens with zero attached hydrogens (tertiary/aromatic N) is 1. The van der Waals surface area contributed by atoms with Gasteiger partial charge in [0.25, 0.3) is 0 Å². The topological polar surface area (TPSA) is 83.6 Å². The Bertz CT molecular complexity index is 397. The van der Waals surface area contributed by atoms with Gasteiger partial charge in [-0.25, -0.2) is 4.79 Å². The molecule has 0 aromatic carbocycles. The summed E-state index contributed by atoms with van der Waals surface area (Å²) in [5.41, 5.74) is 6.59. The molecule has 2 rings (SSSR count). The number of hydrogen-bond donors (Lipinski definition) is 2. The maximum absolute atomic E-state index is 11.6. The second-order valence-corrected chi connectivity index (χ2v) is 5.37. The van der Waals surface area contributed by atoms with Crippen LogP contribution in [0.1, 0.15) is 13.8 Å². The summed E-state index contributed by atoms with van der Waals surface area (Å²) in [6.07, 6.45) is 0. The molecule has 1 amide bonds. The molecule has 0 aromatic rings. The van der Waals surface area contributed by atoms with E-state index in [1.54, 1.807) is 11.8 Å². The van der Waals surface area contributed by atoms with Crippen molar-refractivity contribution in [2.75, 3.05) is 5.75 Å². The minimum atomic E-state index is -1.03. The van der Waals surface area contributed by atoms with Crippen molar-refractivity contribution in [2.45, 2.75) is 25.3 Å². The summed E-state index contributed by atoms with van der Waals surface area (Å²) in [5, 5.41) is 8.99. The highest BCUT2D eigenvalue weighted by Gasteiger charge is 2.51. The third-order valence-electron chi connectivity index (χ3n) is 2.94. The van der Waals surface area contributed by atoms with Gasteiger partial charge in [-0.2, -0.15) is 0 Å². The molecule has 2 aliphatic rings. The fourth-order valence-corrected chi connectivity index (χ4v) is 3.48. The van der Waals surface area contributed by atoms with Gasteiger partial charge in [0.05, 0.1) is 0 Å². The molecule has 2 atom stereocenters. The lowest BCUT2D eigenvalue weighted by atomic mass is 9.97. The molecule has 3 N–H and O–H groups in total. The molecule has 0 spiro atoms. The second-order valence-electron chi connectivity index (χ2n) is 4.27. The number of β-lactam (4-membered cyclic amide) rings is 1. The van der Waals surface area contributed by atoms with Gasteiger partial charge >= 0.3 is 5.97 Å². The van der Waals surface area contributed by atoms with Gasteiger partial charge < -0.3 is 10.8 Å². The highest BCUT2D eigenvalue weighted by molar-refractivity contribution is 8.00. The number of halogens is 1. The van der Waals surface area contributed by atoms with Crippen molar-refractivity contribution < 1.29 is 14.7 Å². The number of carbonyl (C=O) groups is 2. The van der Waals surface area contributed by atoms with Crippen LogP contribution in [-0.2, 0) is 9.59 Å². The first-order chi connectivity index (χ1) is 7.45. The second kappa shape index (κ2) is 4.88. The molecule has 1 saturated heterocycles. The number of aliphatic carboxylic acids is 1. The largest absolute Gasteiger partial charge is 0.477 e. The van der Waals surface area contributed by atoms with Crippen molar-refractivity contribution >= 4 is 36.0 Å². The summed E-state index contributed by atoms with van der Waals surface area (Å²) in [7, 11) is 0. The lowest BCUT2D eigenvalue weighted by molar-refractivity contribution is -0.148. The number of fused-ring (bicyclic) bond motifs is 1. The lowest BCUT2D eigenvalue weighted by Gasteiger charge is -2.48. The van der Waals surface area contributed by atoms with Crippen LogP contribution in [0.25, 0.3) is 0 Å². The first kappa shape index (κ1) is 14.3. The van der Waals surface area contributed by atoms with Crippen molar-refractivity contribution in [3.8, 4) is 0 Å². The van der Waals surface area contributed by atoms with E-state index in [1.165, 1.54) is 4.90 Å². The Morgan fingerprint density at radius 1 is 1.59 bits per heavy atom. The number of thioether (sulfide) groups is 1. The van der Waals surface area contributed by atoms with Crippen LogP contribution in [0.4, 0.5) is 0 Å². The van der Waals surface area contributed by atoms with Crippen LogP contribution in [-0.4, -0.2) is 39.1 Å². The molecular formula is C10H15ClN2O3S.